The van der Waals surface area contributed by atoms with Gasteiger partial charge in [-0.1, -0.05) is 6.07 Å². The molecule has 1 heterocycles. The third kappa shape index (κ3) is 5.46. The molecule has 0 aliphatic heterocycles. The van der Waals surface area contributed by atoms with Crippen LogP contribution in [0.15, 0.2) is 30.3 Å². The van der Waals surface area contributed by atoms with Gasteiger partial charge in [0.25, 0.3) is 5.91 Å². The molecule has 132 valence electrons. The number of nitrogens with one attached hydrogen (secondary N) is 1. The zero-order chi connectivity index (χ0) is 18.4. The van der Waals surface area contributed by atoms with E-state index >= 15 is 0 Å². The number of ether oxygens (including phenoxy) is 1. The summed E-state index contributed by atoms with van der Waals surface area (Å²) in [5.74, 6) is -3.68. The zero-order valence-corrected chi connectivity index (χ0v) is 14.1. The fourth-order valence-corrected chi connectivity index (χ4v) is 2.77. The topological polar surface area (TPSA) is 72.5 Å². The van der Waals surface area contributed by atoms with E-state index in [1.165, 1.54) is 11.3 Å². The second-order valence-corrected chi connectivity index (χ2v) is 6.43. The zero-order valence-electron chi connectivity index (χ0n) is 13.3. The van der Waals surface area contributed by atoms with Crippen LogP contribution in [-0.4, -0.2) is 24.3 Å². The largest absolute Gasteiger partial charge is 0.456 e. The van der Waals surface area contributed by atoms with Gasteiger partial charge in [-0.15, -0.1) is 11.3 Å². The van der Waals surface area contributed by atoms with E-state index in [1.807, 2.05) is 18.3 Å². The molecule has 1 aromatic heterocycles. The van der Waals surface area contributed by atoms with Crippen LogP contribution < -0.4 is 5.32 Å². The third-order valence-corrected chi connectivity index (χ3v) is 4.20. The van der Waals surface area contributed by atoms with Crippen molar-refractivity contribution in [1.82, 2.24) is 0 Å². The van der Waals surface area contributed by atoms with E-state index in [4.69, 9.17) is 4.74 Å². The van der Waals surface area contributed by atoms with Crippen molar-refractivity contribution in [3.8, 4) is 0 Å². The molecule has 2 rings (SSSR count). The number of Topliss-reactive ketones (excluding diaryl/α,β-unsaturated/α-hetero) is 1. The van der Waals surface area contributed by atoms with E-state index in [0.717, 1.165) is 23.1 Å². The highest BCUT2D eigenvalue weighted by atomic mass is 32.1. The van der Waals surface area contributed by atoms with E-state index in [0.29, 0.717) is 4.88 Å². The van der Waals surface area contributed by atoms with Crippen molar-refractivity contribution in [2.45, 2.75) is 19.8 Å². The Bertz CT molecular complexity index is 783. The molecule has 0 radical (unpaired) electrons. The first kappa shape index (κ1) is 18.7. The molecule has 0 bridgehead atoms. The van der Waals surface area contributed by atoms with Gasteiger partial charge in [0.05, 0.1) is 11.3 Å². The lowest BCUT2D eigenvalue weighted by Gasteiger charge is -2.08. The molecule has 0 saturated carbocycles. The molecule has 25 heavy (non-hydrogen) atoms. The number of carbonyl (C=O) groups is 3. The monoisotopic (exact) mass is 367 g/mol. The normalized spacial score (nSPS) is 10.4. The molecule has 0 aliphatic rings. The molecule has 2 aromatic rings. The van der Waals surface area contributed by atoms with Crippen LogP contribution in [0.2, 0.25) is 0 Å². The number of hydrogen-bond acceptors (Lipinski definition) is 5. The van der Waals surface area contributed by atoms with Crippen LogP contribution in [0, 0.1) is 18.6 Å². The minimum Gasteiger partial charge on any atom is -0.456 e. The predicted octanol–water partition coefficient (Wildman–Crippen LogP) is 3.48. The molecular formula is C17H15F2NO4S. The number of benzene rings is 1. The van der Waals surface area contributed by atoms with Crippen molar-refractivity contribution in [2.24, 2.45) is 0 Å². The number of carbonyl (C=O) groups excluding carboxylic acids is 3. The number of halogens is 2. The van der Waals surface area contributed by atoms with Crippen LogP contribution in [0.1, 0.15) is 27.4 Å². The molecule has 1 aromatic carbocycles. The number of thiophene rings is 1. The number of rotatable bonds is 7. The molecule has 1 N–H and O–H groups in total. The summed E-state index contributed by atoms with van der Waals surface area (Å²) in [5, 5.41) is 2.00. The summed E-state index contributed by atoms with van der Waals surface area (Å²) >= 11 is 1.33. The van der Waals surface area contributed by atoms with Crippen LogP contribution in [0.25, 0.3) is 0 Å². The number of anilines is 1. The van der Waals surface area contributed by atoms with Crippen LogP contribution in [0.3, 0.4) is 0 Å². The van der Waals surface area contributed by atoms with Gasteiger partial charge in [0, 0.05) is 11.3 Å². The maximum Gasteiger partial charge on any atom is 0.306 e. The Labute approximate surface area is 146 Å². The first-order valence-corrected chi connectivity index (χ1v) is 8.17. The molecule has 5 nitrogen and oxygen atoms in total. The van der Waals surface area contributed by atoms with E-state index in [2.05, 4.69) is 0 Å². The highest BCUT2D eigenvalue weighted by molar-refractivity contribution is 7.14. The summed E-state index contributed by atoms with van der Waals surface area (Å²) in [6.45, 7) is 1.17. The molecule has 0 aliphatic carbocycles. The highest BCUT2D eigenvalue weighted by Gasteiger charge is 2.15. The maximum absolute atomic E-state index is 13.4. The predicted molar refractivity (Wildman–Crippen MR) is 88.6 cm³/mol. The standard InChI is InChI=1S/C17H15F2NO4S/c1-10-5-7-14(25-10)13(21)6-8-16(23)24-9-15(22)20-17-11(18)3-2-4-12(17)19/h2-5,7H,6,8-9H2,1H3,(H,20,22). The van der Waals surface area contributed by atoms with E-state index in [9.17, 15) is 23.2 Å². The molecule has 0 spiro atoms. The minimum atomic E-state index is -0.934. The molecule has 1 amide bonds. The first-order chi connectivity index (χ1) is 11.9. The summed E-state index contributed by atoms with van der Waals surface area (Å²) in [7, 11) is 0. The van der Waals surface area contributed by atoms with Gasteiger partial charge in [0.2, 0.25) is 0 Å². The Morgan fingerprint density at radius 2 is 1.76 bits per heavy atom. The first-order valence-electron chi connectivity index (χ1n) is 7.36. The van der Waals surface area contributed by atoms with Gasteiger partial charge >= 0.3 is 5.97 Å². The number of hydrogen-bond donors (Lipinski definition) is 1. The Morgan fingerprint density at radius 3 is 2.36 bits per heavy atom. The van der Waals surface area contributed by atoms with Crippen LogP contribution in [-0.2, 0) is 14.3 Å². The summed E-state index contributed by atoms with van der Waals surface area (Å²) < 4.78 is 31.5. The highest BCUT2D eigenvalue weighted by Crippen LogP contribution is 2.18. The molecule has 0 fully saturated rings. The Balaban J connectivity index is 1.76. The number of aryl methyl sites for hydroxylation is 1. The van der Waals surface area contributed by atoms with Crippen LogP contribution >= 0.6 is 11.3 Å². The van der Waals surface area contributed by atoms with Crippen molar-refractivity contribution in [3.63, 3.8) is 0 Å². The smallest absolute Gasteiger partial charge is 0.306 e. The Morgan fingerprint density at radius 1 is 1.08 bits per heavy atom. The van der Waals surface area contributed by atoms with Crippen molar-refractivity contribution in [2.75, 3.05) is 11.9 Å². The van der Waals surface area contributed by atoms with Gasteiger partial charge in [-0.25, -0.2) is 8.78 Å². The molecule has 0 unspecified atom stereocenters. The number of amides is 1. The Hall–Kier alpha value is -2.61. The lowest BCUT2D eigenvalue weighted by Crippen LogP contribution is -2.22. The summed E-state index contributed by atoms with van der Waals surface area (Å²) in [4.78, 5) is 36.6. The minimum absolute atomic E-state index is 0.0393. The Kier molecular flexibility index (Phi) is 6.35. The second-order valence-electron chi connectivity index (χ2n) is 5.14. The second kappa shape index (κ2) is 8.48. The number of ketones is 1. The van der Waals surface area contributed by atoms with Crippen LogP contribution in [0.5, 0.6) is 0 Å². The van der Waals surface area contributed by atoms with Gasteiger partial charge in [0.1, 0.15) is 17.3 Å². The van der Waals surface area contributed by atoms with Gasteiger partial charge in [-0.2, -0.15) is 0 Å². The molecule has 8 heteroatoms. The van der Waals surface area contributed by atoms with E-state index < -0.39 is 35.8 Å². The average molecular weight is 367 g/mol. The van der Waals surface area contributed by atoms with Gasteiger partial charge in [-0.05, 0) is 31.2 Å². The summed E-state index contributed by atoms with van der Waals surface area (Å²) in [6, 6.07) is 6.63. The fraction of sp³-hybridized carbons (Fsp3) is 0.235. The van der Waals surface area contributed by atoms with Crippen molar-refractivity contribution in [3.05, 3.63) is 51.7 Å². The third-order valence-electron chi connectivity index (χ3n) is 3.16. The summed E-state index contributed by atoms with van der Waals surface area (Å²) in [6.07, 6.45) is -0.223. The van der Waals surface area contributed by atoms with Crippen LogP contribution in [0.4, 0.5) is 14.5 Å². The number of para-hydroxylation sites is 1. The SMILES string of the molecule is Cc1ccc(C(=O)CCC(=O)OCC(=O)Nc2c(F)cccc2F)s1. The number of esters is 1. The molecular weight excluding hydrogens is 352 g/mol. The van der Waals surface area contributed by atoms with E-state index in [-0.39, 0.29) is 18.6 Å². The quantitative estimate of drug-likeness (QED) is 0.601. The molecule has 0 atom stereocenters. The maximum atomic E-state index is 13.4. The average Bonchev–Trinajstić information content (AvgIpc) is 3.01. The fourth-order valence-electron chi connectivity index (χ4n) is 1.93. The van der Waals surface area contributed by atoms with Crippen molar-refractivity contribution >= 4 is 34.7 Å². The summed E-state index contributed by atoms with van der Waals surface area (Å²) in [5.41, 5.74) is -0.605. The molecule has 0 saturated heterocycles. The van der Waals surface area contributed by atoms with Gasteiger partial charge in [0.15, 0.2) is 12.4 Å². The van der Waals surface area contributed by atoms with Gasteiger partial charge < -0.3 is 10.1 Å². The van der Waals surface area contributed by atoms with Crippen molar-refractivity contribution in [1.29, 1.82) is 0 Å². The lowest BCUT2D eigenvalue weighted by atomic mass is 10.2. The van der Waals surface area contributed by atoms with Gasteiger partial charge in [-0.3, -0.25) is 14.4 Å². The lowest BCUT2D eigenvalue weighted by molar-refractivity contribution is -0.147. The van der Waals surface area contributed by atoms with Crippen molar-refractivity contribution < 1.29 is 27.9 Å². The van der Waals surface area contributed by atoms with E-state index in [1.54, 1.807) is 6.07 Å².